The molecule has 0 radical (unpaired) electrons. The van der Waals surface area contributed by atoms with Crippen LogP contribution < -0.4 is 14.8 Å². The van der Waals surface area contributed by atoms with E-state index in [0.717, 1.165) is 0 Å². The fraction of sp³-hybridized carbons (Fsp3) is 0.550. The van der Waals surface area contributed by atoms with Gasteiger partial charge in [0.05, 0.1) is 13.0 Å². The number of nitrogens with zero attached hydrogens (tertiary/aromatic N) is 1. The molecular formula is C20H28N2O6. The van der Waals surface area contributed by atoms with E-state index in [9.17, 15) is 19.5 Å². The number of benzene rings is 1. The van der Waals surface area contributed by atoms with Gasteiger partial charge in [0.15, 0.2) is 18.1 Å². The summed E-state index contributed by atoms with van der Waals surface area (Å²) in [5.74, 6) is -1.26. The fourth-order valence-electron chi connectivity index (χ4n) is 3.35. The smallest absolute Gasteiger partial charge is 0.308 e. The van der Waals surface area contributed by atoms with E-state index in [1.165, 1.54) is 7.11 Å². The number of amides is 2. The molecule has 1 saturated heterocycles. The van der Waals surface area contributed by atoms with Crippen molar-refractivity contribution in [2.45, 2.75) is 45.7 Å². The molecule has 1 heterocycles. The molecule has 1 aliphatic rings. The molecule has 0 aromatic heterocycles. The maximum Gasteiger partial charge on any atom is 0.308 e. The van der Waals surface area contributed by atoms with Crippen molar-refractivity contribution in [1.82, 2.24) is 10.2 Å². The normalized spacial score (nSPS) is 19.2. The van der Waals surface area contributed by atoms with Gasteiger partial charge in [-0.05, 0) is 51.8 Å². The summed E-state index contributed by atoms with van der Waals surface area (Å²) >= 11 is 0. The number of ether oxygens (including phenoxy) is 2. The lowest BCUT2D eigenvalue weighted by Gasteiger charge is -2.37. The average molecular weight is 392 g/mol. The van der Waals surface area contributed by atoms with Gasteiger partial charge >= 0.3 is 5.97 Å². The molecule has 2 N–H and O–H groups in total. The molecular weight excluding hydrogens is 364 g/mol. The SMILES string of the molecule is COc1cc(C(=O)N2CCC[C@H](C(=O)O)[C@@H]2C)ccc1OCC(=O)NC(C)C. The summed E-state index contributed by atoms with van der Waals surface area (Å²) in [7, 11) is 1.45. The number of methoxy groups -OCH3 is 1. The van der Waals surface area contributed by atoms with Crippen LogP contribution >= 0.6 is 0 Å². The van der Waals surface area contributed by atoms with Crippen molar-refractivity contribution in [2.24, 2.45) is 5.92 Å². The van der Waals surface area contributed by atoms with Gasteiger partial charge in [-0.2, -0.15) is 0 Å². The molecule has 1 aliphatic heterocycles. The summed E-state index contributed by atoms with van der Waals surface area (Å²) in [5, 5.41) is 12.1. The predicted octanol–water partition coefficient (Wildman–Crippen LogP) is 1.92. The Bertz CT molecular complexity index is 733. The van der Waals surface area contributed by atoms with Crippen LogP contribution in [0.15, 0.2) is 18.2 Å². The molecule has 1 aromatic carbocycles. The van der Waals surface area contributed by atoms with E-state index in [4.69, 9.17) is 9.47 Å². The number of hydrogen-bond acceptors (Lipinski definition) is 5. The van der Waals surface area contributed by atoms with Gasteiger partial charge in [0.2, 0.25) is 0 Å². The molecule has 0 bridgehead atoms. The van der Waals surface area contributed by atoms with Crippen LogP contribution in [0.3, 0.4) is 0 Å². The number of carbonyl (C=O) groups excluding carboxylic acids is 2. The average Bonchev–Trinajstić information content (AvgIpc) is 2.65. The molecule has 8 nitrogen and oxygen atoms in total. The van der Waals surface area contributed by atoms with E-state index in [1.54, 1.807) is 30.0 Å². The Hall–Kier alpha value is -2.77. The minimum absolute atomic E-state index is 0.0131. The zero-order chi connectivity index (χ0) is 20.8. The number of carbonyl (C=O) groups is 3. The van der Waals surface area contributed by atoms with Gasteiger partial charge in [0, 0.05) is 24.2 Å². The quantitative estimate of drug-likeness (QED) is 0.735. The standard InChI is InChI=1S/C20H28N2O6/c1-12(2)21-18(23)11-28-16-8-7-14(10-17(16)27-4)19(24)22-9-5-6-15(13(22)3)20(25)26/h7-8,10,12-13,15H,5-6,9,11H2,1-4H3,(H,21,23)(H,25,26)/t13-,15-/m0/s1. The van der Waals surface area contributed by atoms with Gasteiger partial charge < -0.3 is 24.8 Å². The molecule has 2 amide bonds. The Morgan fingerprint density at radius 3 is 2.61 bits per heavy atom. The largest absolute Gasteiger partial charge is 0.493 e. The third-order valence-electron chi connectivity index (χ3n) is 4.79. The van der Waals surface area contributed by atoms with Crippen molar-refractivity contribution in [3.05, 3.63) is 23.8 Å². The Morgan fingerprint density at radius 1 is 1.29 bits per heavy atom. The van der Waals surface area contributed by atoms with Crippen LogP contribution in [-0.2, 0) is 9.59 Å². The summed E-state index contributed by atoms with van der Waals surface area (Å²) in [4.78, 5) is 37.7. The number of likely N-dealkylation sites (tertiary alicyclic amines) is 1. The highest BCUT2D eigenvalue weighted by Gasteiger charge is 2.35. The third kappa shape index (κ3) is 5.15. The predicted molar refractivity (Wildman–Crippen MR) is 103 cm³/mol. The van der Waals surface area contributed by atoms with Crippen molar-refractivity contribution in [2.75, 3.05) is 20.3 Å². The van der Waals surface area contributed by atoms with Gasteiger partial charge in [-0.15, -0.1) is 0 Å². The molecule has 0 saturated carbocycles. The summed E-state index contributed by atoms with van der Waals surface area (Å²) in [6, 6.07) is 4.35. The van der Waals surface area contributed by atoms with Crippen LogP contribution in [0.2, 0.25) is 0 Å². The molecule has 0 aliphatic carbocycles. The van der Waals surface area contributed by atoms with Crippen LogP contribution in [-0.4, -0.2) is 60.1 Å². The fourth-order valence-corrected chi connectivity index (χ4v) is 3.35. The monoisotopic (exact) mass is 392 g/mol. The molecule has 0 unspecified atom stereocenters. The van der Waals surface area contributed by atoms with Crippen molar-refractivity contribution >= 4 is 17.8 Å². The van der Waals surface area contributed by atoms with E-state index < -0.39 is 11.9 Å². The van der Waals surface area contributed by atoms with E-state index >= 15 is 0 Å². The van der Waals surface area contributed by atoms with Crippen LogP contribution in [0.5, 0.6) is 11.5 Å². The van der Waals surface area contributed by atoms with E-state index in [0.29, 0.717) is 36.4 Å². The van der Waals surface area contributed by atoms with Crippen LogP contribution in [0, 0.1) is 5.92 Å². The number of piperidine rings is 1. The summed E-state index contributed by atoms with van der Waals surface area (Å²) in [6.45, 7) is 5.83. The third-order valence-corrected chi connectivity index (χ3v) is 4.79. The first-order valence-corrected chi connectivity index (χ1v) is 9.38. The van der Waals surface area contributed by atoms with E-state index in [-0.39, 0.29) is 30.5 Å². The lowest BCUT2D eigenvalue weighted by molar-refractivity contribution is -0.145. The second-order valence-corrected chi connectivity index (χ2v) is 7.20. The van der Waals surface area contributed by atoms with E-state index in [2.05, 4.69) is 5.32 Å². The maximum absolute atomic E-state index is 12.9. The highest BCUT2D eigenvalue weighted by Crippen LogP contribution is 2.30. The number of nitrogens with one attached hydrogen (secondary N) is 1. The van der Waals surface area contributed by atoms with Gasteiger partial charge in [0.25, 0.3) is 11.8 Å². The molecule has 2 rings (SSSR count). The Kier molecular flexibility index (Phi) is 7.25. The summed E-state index contributed by atoms with van der Waals surface area (Å²) in [6.07, 6.45) is 1.21. The highest BCUT2D eigenvalue weighted by molar-refractivity contribution is 5.95. The Morgan fingerprint density at radius 2 is 2.00 bits per heavy atom. The van der Waals surface area contributed by atoms with Gasteiger partial charge in [-0.1, -0.05) is 0 Å². The maximum atomic E-state index is 12.9. The van der Waals surface area contributed by atoms with Crippen molar-refractivity contribution < 1.29 is 29.0 Å². The molecule has 154 valence electrons. The minimum atomic E-state index is -0.883. The lowest BCUT2D eigenvalue weighted by atomic mass is 9.90. The van der Waals surface area contributed by atoms with Crippen LogP contribution in [0.4, 0.5) is 0 Å². The molecule has 28 heavy (non-hydrogen) atoms. The minimum Gasteiger partial charge on any atom is -0.493 e. The van der Waals surface area contributed by atoms with Gasteiger partial charge in [-0.25, -0.2) is 0 Å². The van der Waals surface area contributed by atoms with E-state index in [1.807, 2.05) is 13.8 Å². The van der Waals surface area contributed by atoms with Crippen LogP contribution in [0.25, 0.3) is 0 Å². The molecule has 1 aromatic rings. The zero-order valence-electron chi connectivity index (χ0n) is 16.7. The van der Waals surface area contributed by atoms with Crippen LogP contribution in [0.1, 0.15) is 44.0 Å². The Labute approximate surface area is 164 Å². The Balaban J connectivity index is 2.13. The summed E-state index contributed by atoms with van der Waals surface area (Å²) < 4.78 is 10.8. The lowest BCUT2D eigenvalue weighted by Crippen LogP contribution is -2.49. The van der Waals surface area contributed by atoms with Crippen molar-refractivity contribution in [3.8, 4) is 11.5 Å². The van der Waals surface area contributed by atoms with Crippen molar-refractivity contribution in [1.29, 1.82) is 0 Å². The van der Waals surface area contributed by atoms with Gasteiger partial charge in [0.1, 0.15) is 0 Å². The molecule has 8 heteroatoms. The van der Waals surface area contributed by atoms with Gasteiger partial charge in [-0.3, -0.25) is 14.4 Å². The topological polar surface area (TPSA) is 105 Å². The number of hydrogen-bond donors (Lipinski definition) is 2. The molecule has 0 spiro atoms. The first-order valence-electron chi connectivity index (χ1n) is 9.38. The second kappa shape index (κ2) is 9.43. The number of carboxylic acids is 1. The van der Waals surface area contributed by atoms with Crippen molar-refractivity contribution in [3.63, 3.8) is 0 Å². The number of rotatable bonds is 7. The summed E-state index contributed by atoms with van der Waals surface area (Å²) in [5.41, 5.74) is 0.383. The highest BCUT2D eigenvalue weighted by atomic mass is 16.5. The molecule has 1 fully saturated rings. The number of carboxylic acid groups (broad SMARTS) is 1. The first-order chi connectivity index (χ1) is 13.2. The number of aliphatic carboxylic acids is 1. The first kappa shape index (κ1) is 21.5. The molecule has 2 atom stereocenters. The zero-order valence-corrected chi connectivity index (χ0v) is 16.7. The second-order valence-electron chi connectivity index (χ2n) is 7.20.